The van der Waals surface area contributed by atoms with Crippen molar-refractivity contribution in [1.82, 2.24) is 15.1 Å². The number of carbonyl (C=O) groups is 1. The highest BCUT2D eigenvalue weighted by Gasteiger charge is 2.54. The van der Waals surface area contributed by atoms with Crippen LogP contribution in [0.15, 0.2) is 60.7 Å². The molecule has 5 atom stereocenters. The van der Waals surface area contributed by atoms with Crippen LogP contribution >= 0.6 is 0 Å². The minimum Gasteiger partial charge on any atom is -0.493 e. The van der Waals surface area contributed by atoms with Crippen molar-refractivity contribution in [2.75, 3.05) is 42.0 Å². The van der Waals surface area contributed by atoms with Crippen molar-refractivity contribution in [1.29, 1.82) is 5.26 Å². The highest BCUT2D eigenvalue weighted by atomic mass is 16.5. The van der Waals surface area contributed by atoms with Gasteiger partial charge in [0.25, 0.3) is 0 Å². The fourth-order valence-corrected chi connectivity index (χ4v) is 7.38. The lowest BCUT2D eigenvalue weighted by Gasteiger charge is -2.60. The average molecular weight is 595 g/mol. The molecular weight excluding hydrogens is 556 g/mol. The Balaban J connectivity index is 1.43. The summed E-state index contributed by atoms with van der Waals surface area (Å²) in [5.74, 6) is 2.46. The molecule has 0 unspecified atom stereocenters. The molecule has 1 amide bonds. The molecule has 3 aliphatic heterocycles. The minimum atomic E-state index is -0.412. The summed E-state index contributed by atoms with van der Waals surface area (Å²) < 4.78 is 22.7. The summed E-state index contributed by atoms with van der Waals surface area (Å²) in [5.41, 5.74) is 5.43. The number of nitriles is 1. The third kappa shape index (κ3) is 5.04. The first-order chi connectivity index (χ1) is 21.4. The molecule has 3 heterocycles. The Morgan fingerprint density at radius 1 is 0.886 bits per heavy atom. The summed E-state index contributed by atoms with van der Waals surface area (Å²) in [6.45, 7) is 0.330. The van der Waals surface area contributed by atoms with Crippen molar-refractivity contribution in [3.63, 3.8) is 0 Å². The smallest absolute Gasteiger partial charge is 0.244 e. The molecule has 6 rings (SSSR count). The number of amides is 1. The summed E-state index contributed by atoms with van der Waals surface area (Å²) in [7, 11) is 8.68. The van der Waals surface area contributed by atoms with Crippen molar-refractivity contribution in [2.45, 2.75) is 43.1 Å². The van der Waals surface area contributed by atoms with E-state index in [2.05, 4.69) is 40.4 Å². The van der Waals surface area contributed by atoms with E-state index in [0.717, 1.165) is 16.7 Å². The third-order valence-corrected chi connectivity index (χ3v) is 9.41. The lowest BCUT2D eigenvalue weighted by atomic mass is 9.72. The number of benzene rings is 3. The van der Waals surface area contributed by atoms with Gasteiger partial charge in [-0.2, -0.15) is 5.26 Å². The van der Waals surface area contributed by atoms with E-state index in [4.69, 9.17) is 18.9 Å². The van der Waals surface area contributed by atoms with Crippen molar-refractivity contribution >= 4 is 12.0 Å². The molecule has 228 valence electrons. The SMILES string of the molecule is COc1cc2c(cc1OC)[C@@H]1[C@@H]3Cc4cc(OC)c(OC)cc4[C@H](CNC(=O)/C=C/c4ccccc4)N3[C@@H](C#N)[C@H](C2)N1C. The second-order valence-corrected chi connectivity index (χ2v) is 11.5. The van der Waals surface area contributed by atoms with Crippen molar-refractivity contribution in [3.05, 3.63) is 88.5 Å². The first-order valence-electron chi connectivity index (χ1n) is 14.8. The maximum atomic E-state index is 13.1. The van der Waals surface area contributed by atoms with Gasteiger partial charge in [0.2, 0.25) is 5.91 Å². The van der Waals surface area contributed by atoms with Crippen LogP contribution in [-0.2, 0) is 17.6 Å². The molecule has 9 heteroatoms. The van der Waals surface area contributed by atoms with Crippen molar-refractivity contribution < 1.29 is 23.7 Å². The summed E-state index contributed by atoms with van der Waals surface area (Å²) in [4.78, 5) is 17.8. The Labute approximate surface area is 258 Å². The predicted molar refractivity (Wildman–Crippen MR) is 167 cm³/mol. The first kappa shape index (κ1) is 29.5. The number of fused-ring (bicyclic) bond motifs is 7. The Kier molecular flexibility index (Phi) is 8.21. The van der Waals surface area contributed by atoms with Crippen LogP contribution in [0.5, 0.6) is 23.0 Å². The highest BCUT2D eigenvalue weighted by Crippen LogP contribution is 2.52. The molecule has 1 fully saturated rings. The van der Waals surface area contributed by atoms with Gasteiger partial charge < -0.3 is 24.3 Å². The molecule has 9 nitrogen and oxygen atoms in total. The molecule has 0 spiro atoms. The molecule has 44 heavy (non-hydrogen) atoms. The van der Waals surface area contributed by atoms with E-state index in [1.165, 1.54) is 11.1 Å². The Hall–Kier alpha value is -4.52. The highest BCUT2D eigenvalue weighted by molar-refractivity contribution is 5.91. The van der Waals surface area contributed by atoms with E-state index in [0.29, 0.717) is 42.4 Å². The van der Waals surface area contributed by atoms with Crippen LogP contribution in [-0.4, -0.2) is 75.9 Å². The Morgan fingerprint density at radius 3 is 2.07 bits per heavy atom. The monoisotopic (exact) mass is 594 g/mol. The summed E-state index contributed by atoms with van der Waals surface area (Å²) in [6.07, 6.45) is 4.75. The van der Waals surface area contributed by atoms with E-state index in [1.807, 2.05) is 42.5 Å². The number of nitrogens with one attached hydrogen (secondary N) is 1. The number of likely N-dealkylation sites (N-methyl/N-ethyl adjacent to an activating group) is 1. The number of piperazine rings is 1. The second-order valence-electron chi connectivity index (χ2n) is 11.5. The van der Waals surface area contributed by atoms with E-state index in [9.17, 15) is 10.1 Å². The third-order valence-electron chi connectivity index (χ3n) is 9.41. The van der Waals surface area contributed by atoms with Crippen LogP contribution in [0.3, 0.4) is 0 Å². The largest absolute Gasteiger partial charge is 0.493 e. The Morgan fingerprint density at radius 2 is 1.45 bits per heavy atom. The van der Waals surface area contributed by atoms with E-state index in [-0.39, 0.29) is 30.1 Å². The number of methoxy groups -OCH3 is 4. The molecule has 2 bridgehead atoms. The van der Waals surface area contributed by atoms with Crippen molar-refractivity contribution in [2.24, 2.45) is 0 Å². The van der Waals surface area contributed by atoms with E-state index >= 15 is 0 Å². The van der Waals surface area contributed by atoms with Crippen LogP contribution in [0.1, 0.15) is 39.9 Å². The molecule has 0 aliphatic carbocycles. The molecule has 0 radical (unpaired) electrons. The number of hydrogen-bond acceptors (Lipinski definition) is 8. The molecular formula is C35H38N4O5. The average Bonchev–Trinajstić information content (AvgIpc) is 3.05. The summed E-state index contributed by atoms with van der Waals surface area (Å²) in [6, 6.07) is 19.8. The fraction of sp³-hybridized carbons (Fsp3) is 0.371. The molecule has 0 aromatic heterocycles. The maximum absolute atomic E-state index is 13.1. The van der Waals surface area contributed by atoms with Crippen molar-refractivity contribution in [3.8, 4) is 29.1 Å². The van der Waals surface area contributed by atoms with Gasteiger partial charge in [-0.3, -0.25) is 14.6 Å². The van der Waals surface area contributed by atoms with Crippen LogP contribution in [0, 0.1) is 11.3 Å². The summed E-state index contributed by atoms with van der Waals surface area (Å²) in [5, 5.41) is 13.9. The quantitative estimate of drug-likeness (QED) is 0.386. The lowest BCUT2D eigenvalue weighted by molar-refractivity contribution is -0.117. The fourth-order valence-electron chi connectivity index (χ4n) is 7.38. The van der Waals surface area contributed by atoms with Gasteiger partial charge in [-0.25, -0.2) is 0 Å². The number of ether oxygens (including phenoxy) is 4. The first-order valence-corrected chi connectivity index (χ1v) is 14.8. The predicted octanol–water partition coefficient (Wildman–Crippen LogP) is 4.32. The molecule has 3 aliphatic rings. The van der Waals surface area contributed by atoms with E-state index < -0.39 is 6.04 Å². The van der Waals surface area contributed by atoms with Crippen LogP contribution in [0.2, 0.25) is 0 Å². The van der Waals surface area contributed by atoms with Gasteiger partial charge in [0, 0.05) is 24.7 Å². The second kappa shape index (κ2) is 12.2. The van der Waals surface area contributed by atoms with Gasteiger partial charge in [-0.15, -0.1) is 0 Å². The van der Waals surface area contributed by atoms with Crippen LogP contribution in [0.4, 0.5) is 0 Å². The molecule has 1 saturated heterocycles. The van der Waals surface area contributed by atoms with Gasteiger partial charge in [0.15, 0.2) is 23.0 Å². The topological polar surface area (TPSA) is 96.3 Å². The number of carbonyl (C=O) groups excluding carboxylic acids is 1. The number of rotatable bonds is 8. The lowest BCUT2D eigenvalue weighted by Crippen LogP contribution is -2.68. The number of nitrogens with zero attached hydrogens (tertiary/aromatic N) is 3. The Bertz CT molecular complexity index is 1620. The summed E-state index contributed by atoms with van der Waals surface area (Å²) >= 11 is 0. The van der Waals surface area contributed by atoms with Gasteiger partial charge in [-0.05, 0) is 78.0 Å². The zero-order valence-corrected chi connectivity index (χ0v) is 25.7. The molecule has 0 saturated carbocycles. The van der Waals surface area contributed by atoms with Crippen LogP contribution < -0.4 is 24.3 Å². The zero-order chi connectivity index (χ0) is 31.0. The van der Waals surface area contributed by atoms with Gasteiger partial charge in [0.05, 0.1) is 46.6 Å². The zero-order valence-electron chi connectivity index (χ0n) is 25.7. The number of hydrogen-bond donors (Lipinski definition) is 1. The standard InChI is InChI=1S/C35H38N4O5/c1-38-26-13-23-16-31(42-3)33(44-5)18-25(23)35(38)27-14-22-15-30(41-2)32(43-4)17-24(22)29(39(27)28(26)19-36)20-37-34(40)12-11-21-9-7-6-8-10-21/h6-12,15-18,26-29,35H,13-14,20H2,1-5H3,(H,37,40)/b12-11+/t26-,27-,28-,29-,35+/m0/s1. The molecule has 1 N–H and O–H groups in total. The maximum Gasteiger partial charge on any atom is 0.244 e. The van der Waals surface area contributed by atoms with Gasteiger partial charge >= 0.3 is 0 Å². The molecule has 3 aromatic rings. The normalized spacial score (nSPS) is 24.0. The van der Waals surface area contributed by atoms with Crippen LogP contribution in [0.25, 0.3) is 6.08 Å². The molecule has 3 aromatic carbocycles. The van der Waals surface area contributed by atoms with Gasteiger partial charge in [-0.1, -0.05) is 30.3 Å². The van der Waals surface area contributed by atoms with Gasteiger partial charge in [0.1, 0.15) is 6.04 Å². The van der Waals surface area contributed by atoms with E-state index in [1.54, 1.807) is 40.6 Å². The minimum absolute atomic E-state index is 0.00872.